The molecule has 2 nitrogen and oxygen atoms in total. The van der Waals surface area contributed by atoms with Crippen LogP contribution in [0.3, 0.4) is 0 Å². The summed E-state index contributed by atoms with van der Waals surface area (Å²) >= 11 is 11.4. The summed E-state index contributed by atoms with van der Waals surface area (Å²) in [4.78, 5) is 12.8. The van der Waals surface area contributed by atoms with Gasteiger partial charge in [-0.05, 0) is 71.3 Å². The fraction of sp³-hybridized carbons (Fsp3) is 0.562. The molecule has 2 saturated heterocycles. The first-order chi connectivity index (χ1) is 10.1. The van der Waals surface area contributed by atoms with Gasteiger partial charge in [0.2, 0.25) is 0 Å². The number of thioether (sulfide) groups is 1. The number of ketones is 1. The van der Waals surface area contributed by atoms with Crippen LogP contribution < -0.4 is 0 Å². The van der Waals surface area contributed by atoms with Crippen LogP contribution in [-0.2, 0) is 4.74 Å². The molecule has 114 valence electrons. The molecule has 0 N–H and O–H groups in total. The van der Waals surface area contributed by atoms with Crippen molar-refractivity contribution < 1.29 is 9.53 Å². The predicted molar refractivity (Wildman–Crippen MR) is 91.4 cm³/mol. The molecule has 0 bridgehead atoms. The summed E-state index contributed by atoms with van der Waals surface area (Å²) in [6.45, 7) is 0.704. The normalized spacial score (nSPS) is 25.0. The highest BCUT2D eigenvalue weighted by Crippen LogP contribution is 2.40. The third-order valence-electron chi connectivity index (χ3n) is 4.47. The molecule has 0 radical (unpaired) electrons. The Kier molecular flexibility index (Phi) is 4.99. The lowest BCUT2D eigenvalue weighted by Gasteiger charge is -2.42. The average Bonchev–Trinajstić information content (AvgIpc) is 2.50. The van der Waals surface area contributed by atoms with E-state index in [1.165, 1.54) is 0 Å². The first-order valence-electron chi connectivity index (χ1n) is 7.31. The van der Waals surface area contributed by atoms with Crippen LogP contribution in [0.1, 0.15) is 36.0 Å². The number of hydrogen-bond acceptors (Lipinski definition) is 3. The van der Waals surface area contributed by atoms with E-state index in [4.69, 9.17) is 16.3 Å². The quantitative estimate of drug-likeness (QED) is 0.667. The fourth-order valence-electron chi connectivity index (χ4n) is 3.23. The molecule has 1 atom stereocenters. The lowest BCUT2D eigenvalue weighted by molar-refractivity contribution is -0.0959. The van der Waals surface area contributed by atoms with E-state index in [-0.39, 0.29) is 17.3 Å². The zero-order valence-corrected chi connectivity index (χ0v) is 14.9. The van der Waals surface area contributed by atoms with Crippen LogP contribution in [0.5, 0.6) is 0 Å². The molecular weight excluding hydrogens is 372 g/mol. The molecule has 2 aliphatic heterocycles. The van der Waals surface area contributed by atoms with E-state index in [9.17, 15) is 4.79 Å². The number of rotatable bonds is 2. The molecule has 0 aliphatic carbocycles. The first kappa shape index (κ1) is 15.9. The van der Waals surface area contributed by atoms with Crippen LogP contribution in [0.2, 0.25) is 5.02 Å². The van der Waals surface area contributed by atoms with Crippen molar-refractivity contribution in [2.75, 3.05) is 18.1 Å². The van der Waals surface area contributed by atoms with Gasteiger partial charge < -0.3 is 4.74 Å². The van der Waals surface area contributed by atoms with Crippen LogP contribution in [0.4, 0.5) is 0 Å². The van der Waals surface area contributed by atoms with Gasteiger partial charge in [0.15, 0.2) is 5.78 Å². The lowest BCUT2D eigenvalue weighted by Crippen LogP contribution is -2.44. The van der Waals surface area contributed by atoms with Gasteiger partial charge in [-0.3, -0.25) is 4.79 Å². The van der Waals surface area contributed by atoms with E-state index >= 15 is 0 Å². The molecule has 3 rings (SSSR count). The molecule has 0 aromatic heterocycles. The van der Waals surface area contributed by atoms with Crippen molar-refractivity contribution in [1.82, 2.24) is 0 Å². The van der Waals surface area contributed by atoms with Gasteiger partial charge in [0.1, 0.15) is 0 Å². The maximum Gasteiger partial charge on any atom is 0.166 e. The summed E-state index contributed by atoms with van der Waals surface area (Å²) in [5.74, 6) is 2.60. The highest BCUT2D eigenvalue weighted by Gasteiger charge is 2.41. The number of Topliss-reactive ketones (excluding diaryl/α,β-unsaturated/α-hetero) is 1. The van der Waals surface area contributed by atoms with E-state index in [2.05, 4.69) is 15.9 Å². The van der Waals surface area contributed by atoms with Crippen molar-refractivity contribution in [3.05, 3.63) is 33.3 Å². The largest absolute Gasteiger partial charge is 0.375 e. The number of ether oxygens (including phenoxy) is 1. The smallest absolute Gasteiger partial charge is 0.166 e. The minimum Gasteiger partial charge on any atom is -0.375 e. The molecule has 1 spiro atoms. The van der Waals surface area contributed by atoms with Crippen LogP contribution in [0, 0.1) is 5.92 Å². The molecule has 1 aromatic carbocycles. The van der Waals surface area contributed by atoms with Crippen molar-refractivity contribution in [2.45, 2.75) is 31.3 Å². The molecule has 1 aromatic rings. The minimum atomic E-state index is -0.0481. The van der Waals surface area contributed by atoms with Crippen LogP contribution >= 0.6 is 39.3 Å². The number of halogens is 2. The van der Waals surface area contributed by atoms with Crippen molar-refractivity contribution >= 4 is 45.1 Å². The molecule has 2 fully saturated rings. The van der Waals surface area contributed by atoms with E-state index in [1.807, 2.05) is 23.9 Å². The molecule has 0 saturated carbocycles. The average molecular weight is 390 g/mol. The van der Waals surface area contributed by atoms with Crippen molar-refractivity contribution in [2.24, 2.45) is 5.92 Å². The minimum absolute atomic E-state index is 0.0481. The summed E-state index contributed by atoms with van der Waals surface area (Å²) in [5, 5.41) is 0.638. The summed E-state index contributed by atoms with van der Waals surface area (Å²) in [7, 11) is 0. The Morgan fingerprint density at radius 1 is 1.38 bits per heavy atom. The van der Waals surface area contributed by atoms with Gasteiger partial charge in [-0.1, -0.05) is 11.6 Å². The van der Waals surface area contributed by atoms with Gasteiger partial charge in [0.25, 0.3) is 0 Å². The fourth-order valence-corrected chi connectivity index (χ4v) is 4.96. The van der Waals surface area contributed by atoms with E-state index in [0.29, 0.717) is 11.6 Å². The van der Waals surface area contributed by atoms with Crippen molar-refractivity contribution in [3.8, 4) is 0 Å². The molecule has 2 heterocycles. The Balaban J connectivity index is 1.76. The molecule has 5 heteroatoms. The molecule has 0 amide bonds. The highest BCUT2D eigenvalue weighted by molar-refractivity contribution is 9.10. The first-order valence-corrected chi connectivity index (χ1v) is 9.63. The maximum absolute atomic E-state index is 12.8. The van der Waals surface area contributed by atoms with E-state index in [0.717, 1.165) is 47.2 Å². The summed E-state index contributed by atoms with van der Waals surface area (Å²) in [6, 6.07) is 5.45. The third kappa shape index (κ3) is 3.49. The highest BCUT2D eigenvalue weighted by atomic mass is 79.9. The molecular formula is C16H18BrClO2S. The summed E-state index contributed by atoms with van der Waals surface area (Å²) in [5.41, 5.74) is 0.700. The van der Waals surface area contributed by atoms with E-state index < -0.39 is 0 Å². The standard InChI is InChI=1S/C16H18BrClO2S/c17-13-9-11(1-2-14(13)18)15(19)12-3-6-20-16(10-12)4-7-21-8-5-16/h1-2,9,12H,3-8,10H2. The number of benzene rings is 1. The zero-order valence-electron chi connectivity index (χ0n) is 11.7. The summed E-state index contributed by atoms with van der Waals surface area (Å²) in [6.07, 6.45) is 3.85. The Morgan fingerprint density at radius 3 is 2.86 bits per heavy atom. The second-order valence-corrected chi connectivity index (χ2v) is 8.31. The van der Waals surface area contributed by atoms with Gasteiger partial charge in [0.05, 0.1) is 10.6 Å². The SMILES string of the molecule is O=C(c1ccc(Cl)c(Br)c1)C1CCOC2(CCSCC2)C1. The Morgan fingerprint density at radius 2 is 2.14 bits per heavy atom. The van der Waals surface area contributed by atoms with Gasteiger partial charge in [-0.25, -0.2) is 0 Å². The van der Waals surface area contributed by atoms with E-state index in [1.54, 1.807) is 6.07 Å². The number of carbonyl (C=O) groups is 1. The van der Waals surface area contributed by atoms with Gasteiger partial charge in [0, 0.05) is 22.6 Å². The van der Waals surface area contributed by atoms with Crippen LogP contribution in [-0.4, -0.2) is 29.5 Å². The predicted octanol–water partition coefficient (Wildman–Crippen LogP) is 4.98. The van der Waals surface area contributed by atoms with Crippen molar-refractivity contribution in [1.29, 1.82) is 0 Å². The zero-order chi connectivity index (χ0) is 14.9. The molecule has 21 heavy (non-hydrogen) atoms. The maximum atomic E-state index is 12.8. The summed E-state index contributed by atoms with van der Waals surface area (Å²) < 4.78 is 6.85. The lowest BCUT2D eigenvalue weighted by atomic mass is 9.79. The van der Waals surface area contributed by atoms with Crippen LogP contribution in [0.25, 0.3) is 0 Å². The second kappa shape index (κ2) is 6.61. The van der Waals surface area contributed by atoms with Gasteiger partial charge in [-0.2, -0.15) is 11.8 Å². The second-order valence-electron chi connectivity index (χ2n) is 5.83. The molecule has 2 aliphatic rings. The Bertz CT molecular complexity index is 538. The number of carbonyl (C=O) groups excluding carboxylic acids is 1. The number of hydrogen-bond donors (Lipinski definition) is 0. The Labute approximate surface area is 143 Å². The Hall–Kier alpha value is -0.0300. The molecule has 1 unspecified atom stereocenters. The van der Waals surface area contributed by atoms with Gasteiger partial charge >= 0.3 is 0 Å². The van der Waals surface area contributed by atoms with Gasteiger partial charge in [-0.15, -0.1) is 0 Å². The monoisotopic (exact) mass is 388 g/mol. The van der Waals surface area contributed by atoms with Crippen LogP contribution in [0.15, 0.2) is 22.7 Å². The topological polar surface area (TPSA) is 26.3 Å². The third-order valence-corrected chi connectivity index (χ3v) is 6.67. The van der Waals surface area contributed by atoms with Crippen molar-refractivity contribution in [3.63, 3.8) is 0 Å².